The smallest absolute Gasteiger partial charge is 0.344 e. The van der Waals surface area contributed by atoms with Gasteiger partial charge in [0.15, 0.2) is 0 Å². The van der Waals surface area contributed by atoms with E-state index < -0.39 is 0 Å². The number of aryl methyl sites for hydroxylation is 2. The van der Waals surface area contributed by atoms with Crippen molar-refractivity contribution < 1.29 is 9.53 Å². The Kier molecular flexibility index (Phi) is 9.33. The molecule has 1 aliphatic rings. The molecule has 9 heteroatoms. The average molecular weight is 474 g/mol. The number of hydrogen-bond acceptors (Lipinski definition) is 6. The number of piperazine rings is 1. The number of carbonyl (C=O) groups is 1. The van der Waals surface area contributed by atoms with Crippen molar-refractivity contribution in [3.63, 3.8) is 0 Å². The Labute approximate surface area is 199 Å². The zero-order chi connectivity index (χ0) is 23.6. The largest absolute Gasteiger partial charge is 0.466 e. The molecule has 2 heterocycles. The summed E-state index contributed by atoms with van der Waals surface area (Å²) >= 11 is 6.16. The van der Waals surface area contributed by atoms with Crippen molar-refractivity contribution >= 4 is 23.3 Å². The van der Waals surface area contributed by atoms with Gasteiger partial charge in [-0.1, -0.05) is 23.7 Å². The lowest BCUT2D eigenvalue weighted by atomic mass is 10.1. The maximum Gasteiger partial charge on any atom is 0.344 e. The summed E-state index contributed by atoms with van der Waals surface area (Å²) in [4.78, 5) is 29.7. The summed E-state index contributed by atoms with van der Waals surface area (Å²) in [5.74, 6) is -0.220. The molecular formula is C24H32ClN5O3. The predicted octanol–water partition coefficient (Wildman–Crippen LogP) is 2.89. The number of nitrogens with zero attached hydrogens (tertiary/aromatic N) is 5. The normalized spacial score (nSPS) is 15.1. The first kappa shape index (κ1) is 24.8. The second-order valence-electron chi connectivity index (χ2n) is 7.96. The number of hydrogen-bond donors (Lipinski definition) is 0. The van der Waals surface area contributed by atoms with Gasteiger partial charge in [0.25, 0.3) is 0 Å². The van der Waals surface area contributed by atoms with Crippen molar-refractivity contribution in [3.8, 4) is 0 Å². The molecule has 0 amide bonds. The second-order valence-corrected chi connectivity index (χ2v) is 8.40. The first-order valence-electron chi connectivity index (χ1n) is 11.3. The van der Waals surface area contributed by atoms with E-state index in [0.717, 1.165) is 36.9 Å². The van der Waals surface area contributed by atoms with E-state index >= 15 is 0 Å². The Morgan fingerprint density at radius 2 is 1.94 bits per heavy atom. The van der Waals surface area contributed by atoms with Crippen molar-refractivity contribution in [3.05, 3.63) is 70.4 Å². The lowest BCUT2D eigenvalue weighted by Gasteiger charge is -2.40. The number of carbonyl (C=O) groups excluding carboxylic acids is 1. The number of halogens is 1. The van der Waals surface area contributed by atoms with Crippen LogP contribution in [0.3, 0.4) is 0 Å². The van der Waals surface area contributed by atoms with Gasteiger partial charge in [-0.2, -0.15) is 5.10 Å². The Morgan fingerprint density at radius 1 is 1.15 bits per heavy atom. The van der Waals surface area contributed by atoms with E-state index in [2.05, 4.69) is 21.0 Å². The average Bonchev–Trinajstić information content (AvgIpc) is 2.88. The van der Waals surface area contributed by atoms with E-state index in [0.29, 0.717) is 19.6 Å². The van der Waals surface area contributed by atoms with E-state index in [9.17, 15) is 9.59 Å². The van der Waals surface area contributed by atoms with Crippen LogP contribution >= 0.6 is 11.6 Å². The molecule has 2 aromatic rings. The van der Waals surface area contributed by atoms with E-state index in [-0.39, 0.29) is 24.1 Å². The Bertz CT molecular complexity index is 1030. The fraction of sp³-hybridized carbons (Fsp3) is 0.458. The summed E-state index contributed by atoms with van der Waals surface area (Å²) in [6, 6.07) is 13.2. The molecule has 0 aliphatic carbocycles. The maximum absolute atomic E-state index is 12.7. The lowest BCUT2D eigenvalue weighted by Crippen LogP contribution is -2.51. The van der Waals surface area contributed by atoms with Crippen LogP contribution in [0.5, 0.6) is 0 Å². The van der Waals surface area contributed by atoms with Gasteiger partial charge in [0.1, 0.15) is 0 Å². The highest BCUT2D eigenvalue weighted by Crippen LogP contribution is 2.22. The van der Waals surface area contributed by atoms with Crippen molar-refractivity contribution in [2.75, 3.05) is 37.7 Å². The fourth-order valence-corrected chi connectivity index (χ4v) is 4.16. The van der Waals surface area contributed by atoms with Crippen LogP contribution in [0.25, 0.3) is 0 Å². The molecular weight excluding hydrogens is 442 g/mol. The van der Waals surface area contributed by atoms with Gasteiger partial charge >= 0.3 is 11.7 Å². The van der Waals surface area contributed by atoms with Gasteiger partial charge in [-0.25, -0.2) is 9.48 Å². The number of esters is 1. The number of anilines is 1. The third-order valence-corrected chi connectivity index (χ3v) is 5.97. The lowest BCUT2D eigenvalue weighted by molar-refractivity contribution is -0.144. The molecule has 3 rings (SSSR count). The van der Waals surface area contributed by atoms with Crippen molar-refractivity contribution in [2.45, 2.75) is 32.4 Å². The van der Waals surface area contributed by atoms with Crippen LogP contribution in [-0.4, -0.2) is 64.0 Å². The minimum Gasteiger partial charge on any atom is -0.466 e. The number of benzene rings is 1. The van der Waals surface area contributed by atoms with Gasteiger partial charge in [-0.3, -0.25) is 9.69 Å². The molecule has 1 aromatic carbocycles. The van der Waals surface area contributed by atoms with Gasteiger partial charge in [-0.15, -0.1) is 0 Å². The molecule has 1 saturated heterocycles. The predicted molar refractivity (Wildman–Crippen MR) is 130 cm³/mol. The molecule has 1 aromatic heterocycles. The monoisotopic (exact) mass is 473 g/mol. The summed E-state index contributed by atoms with van der Waals surface area (Å²) < 4.78 is 8.16. The topological polar surface area (TPSA) is 72.6 Å². The number of aromatic nitrogens is 3. The molecule has 1 aliphatic heterocycles. The van der Waals surface area contributed by atoms with E-state index in [1.165, 1.54) is 9.25 Å². The zero-order valence-electron chi connectivity index (χ0n) is 19.3. The van der Waals surface area contributed by atoms with Crippen molar-refractivity contribution in [2.24, 2.45) is 7.05 Å². The Balaban J connectivity index is 1.72. The SMILES string of the molecule is CCOC(=O)CC(CCn1ncccccn(C)c1=O)N1CCN(c2cccc(Cl)c2)CC1. The first-order chi connectivity index (χ1) is 16.0. The van der Waals surface area contributed by atoms with Crippen LogP contribution in [0.2, 0.25) is 5.02 Å². The molecule has 0 saturated carbocycles. The first-order valence-corrected chi connectivity index (χ1v) is 11.7. The summed E-state index contributed by atoms with van der Waals surface area (Å²) in [5, 5.41) is 5.02. The highest BCUT2D eigenvalue weighted by atomic mass is 35.5. The molecule has 0 bridgehead atoms. The summed E-state index contributed by atoms with van der Waals surface area (Å²) in [7, 11) is 1.70. The van der Waals surface area contributed by atoms with Gasteiger partial charge in [-0.05, 0) is 43.7 Å². The zero-order valence-corrected chi connectivity index (χ0v) is 20.0. The highest BCUT2D eigenvalue weighted by molar-refractivity contribution is 6.30. The second kappa shape index (κ2) is 12.4. The van der Waals surface area contributed by atoms with Gasteiger partial charge in [0, 0.05) is 68.9 Å². The molecule has 0 spiro atoms. The Morgan fingerprint density at radius 3 is 2.67 bits per heavy atom. The fourth-order valence-electron chi connectivity index (χ4n) is 3.98. The molecule has 0 N–H and O–H groups in total. The van der Waals surface area contributed by atoms with E-state index in [1.54, 1.807) is 31.6 Å². The van der Waals surface area contributed by atoms with Crippen LogP contribution in [0.4, 0.5) is 5.69 Å². The minimum atomic E-state index is -0.220. The van der Waals surface area contributed by atoms with Crippen molar-refractivity contribution in [1.82, 2.24) is 19.2 Å². The molecule has 1 unspecified atom stereocenters. The van der Waals surface area contributed by atoms with Gasteiger partial charge in [0.2, 0.25) is 0 Å². The van der Waals surface area contributed by atoms with Crippen LogP contribution in [0.15, 0.2) is 59.7 Å². The summed E-state index contributed by atoms with van der Waals surface area (Å²) in [6.07, 6.45) is 4.20. The van der Waals surface area contributed by atoms with Crippen molar-refractivity contribution in [1.29, 1.82) is 0 Å². The minimum absolute atomic E-state index is 0.0439. The van der Waals surface area contributed by atoms with Crippen LogP contribution < -0.4 is 10.6 Å². The third kappa shape index (κ3) is 7.33. The molecule has 0 radical (unpaired) electrons. The van der Waals surface area contributed by atoms with Crippen LogP contribution in [0, 0.1) is 0 Å². The number of ether oxygens (including phenoxy) is 1. The molecule has 1 fully saturated rings. The Hall–Kier alpha value is -2.84. The third-order valence-electron chi connectivity index (χ3n) is 5.73. The van der Waals surface area contributed by atoms with E-state index in [4.69, 9.17) is 16.3 Å². The standard InChI is InChI=1S/C24H32ClN5O3/c1-3-33-23(31)19-22(10-13-30-24(32)27(2)12-6-4-5-11-26-30)29-16-14-28(15-17-29)21-9-7-8-20(25)18-21/h4-9,11-12,18,22H,3,10,13-17,19H2,1-2H3. The molecule has 33 heavy (non-hydrogen) atoms. The van der Waals surface area contributed by atoms with Gasteiger partial charge in [0.05, 0.1) is 13.0 Å². The number of rotatable bonds is 8. The molecule has 1 atom stereocenters. The van der Waals surface area contributed by atoms with E-state index in [1.807, 2.05) is 31.2 Å². The van der Waals surface area contributed by atoms with Crippen LogP contribution in [-0.2, 0) is 23.1 Å². The quantitative estimate of drug-likeness (QED) is 0.549. The maximum atomic E-state index is 12.7. The van der Waals surface area contributed by atoms with Gasteiger partial charge < -0.3 is 14.2 Å². The molecule has 178 valence electrons. The highest BCUT2D eigenvalue weighted by Gasteiger charge is 2.26. The summed E-state index contributed by atoms with van der Waals surface area (Å²) in [6.45, 7) is 5.84. The summed E-state index contributed by atoms with van der Waals surface area (Å²) in [5.41, 5.74) is 0.886. The molecule has 8 nitrogen and oxygen atoms in total. The van der Waals surface area contributed by atoms with Crippen LogP contribution in [0.1, 0.15) is 19.8 Å².